The Morgan fingerprint density at radius 3 is 2.04 bits per heavy atom. The Morgan fingerprint density at radius 2 is 1.44 bits per heavy atom. The standard InChI is InChI=1S/C24H30S/c1-22(2,3)16-9-8-10-19-21(16)15-13-17-18(14-20(15)25-19)24(6,7)12-11-23(17,4)5/h8-10,13-14H,11-12H2,1-7H3. The molecule has 2 aromatic carbocycles. The smallest absolute Gasteiger partial charge is 0.0358 e. The molecule has 0 nitrogen and oxygen atoms in total. The molecule has 1 heterocycles. The number of fused-ring (bicyclic) bond motifs is 4. The summed E-state index contributed by atoms with van der Waals surface area (Å²) in [6.07, 6.45) is 2.54. The Labute approximate surface area is 156 Å². The molecular weight excluding hydrogens is 320 g/mol. The Balaban J connectivity index is 2.14. The summed E-state index contributed by atoms with van der Waals surface area (Å²) in [7, 11) is 0. The molecule has 1 aromatic heterocycles. The first-order valence-corrected chi connectivity index (χ1v) is 10.3. The summed E-state index contributed by atoms with van der Waals surface area (Å²) < 4.78 is 2.89. The van der Waals surface area contributed by atoms with E-state index in [9.17, 15) is 0 Å². The summed E-state index contributed by atoms with van der Waals surface area (Å²) in [5.41, 5.74) is 5.33. The van der Waals surface area contributed by atoms with Crippen LogP contribution < -0.4 is 0 Å². The second-order valence-corrected chi connectivity index (χ2v) is 11.3. The average Bonchev–Trinajstić information content (AvgIpc) is 2.87. The van der Waals surface area contributed by atoms with Crippen molar-refractivity contribution >= 4 is 31.5 Å². The van der Waals surface area contributed by atoms with Crippen LogP contribution in [0.2, 0.25) is 0 Å². The summed E-state index contributed by atoms with van der Waals surface area (Å²) in [4.78, 5) is 0. The van der Waals surface area contributed by atoms with Crippen molar-refractivity contribution < 1.29 is 0 Å². The molecule has 1 aliphatic rings. The van der Waals surface area contributed by atoms with Gasteiger partial charge in [0.25, 0.3) is 0 Å². The third-order valence-corrected chi connectivity index (χ3v) is 7.39. The first-order valence-electron chi connectivity index (χ1n) is 9.51. The van der Waals surface area contributed by atoms with E-state index in [1.165, 1.54) is 38.6 Å². The summed E-state index contributed by atoms with van der Waals surface area (Å²) in [6.45, 7) is 16.7. The Hall–Kier alpha value is -1.34. The molecule has 0 spiro atoms. The molecule has 0 amide bonds. The van der Waals surface area contributed by atoms with Crippen LogP contribution in [0.25, 0.3) is 20.2 Å². The van der Waals surface area contributed by atoms with E-state index in [-0.39, 0.29) is 16.2 Å². The van der Waals surface area contributed by atoms with Gasteiger partial charge in [0.15, 0.2) is 0 Å². The van der Waals surface area contributed by atoms with Crippen molar-refractivity contribution in [3.8, 4) is 0 Å². The molecule has 0 saturated carbocycles. The van der Waals surface area contributed by atoms with Crippen molar-refractivity contribution in [1.29, 1.82) is 0 Å². The molecule has 1 heteroatoms. The van der Waals surface area contributed by atoms with Gasteiger partial charge < -0.3 is 0 Å². The van der Waals surface area contributed by atoms with Gasteiger partial charge in [-0.3, -0.25) is 0 Å². The highest BCUT2D eigenvalue weighted by Gasteiger charge is 2.37. The molecule has 0 atom stereocenters. The highest BCUT2D eigenvalue weighted by atomic mass is 32.1. The van der Waals surface area contributed by atoms with Crippen molar-refractivity contribution in [3.05, 3.63) is 47.0 Å². The lowest BCUT2D eigenvalue weighted by molar-refractivity contribution is 0.332. The number of thiophene rings is 1. The first-order chi connectivity index (χ1) is 11.5. The maximum Gasteiger partial charge on any atom is 0.0358 e. The van der Waals surface area contributed by atoms with E-state index in [1.807, 2.05) is 11.3 Å². The number of benzene rings is 2. The molecule has 3 aromatic rings. The summed E-state index contributed by atoms with van der Waals surface area (Å²) in [6, 6.07) is 11.9. The lowest BCUT2D eigenvalue weighted by atomic mass is 9.63. The van der Waals surface area contributed by atoms with Crippen LogP contribution >= 0.6 is 11.3 Å². The van der Waals surface area contributed by atoms with E-state index in [1.54, 1.807) is 11.1 Å². The van der Waals surface area contributed by atoms with Gasteiger partial charge in [-0.1, -0.05) is 60.6 Å². The van der Waals surface area contributed by atoms with E-state index < -0.39 is 0 Å². The lowest BCUT2D eigenvalue weighted by Gasteiger charge is -2.42. The molecule has 132 valence electrons. The molecule has 0 N–H and O–H groups in total. The van der Waals surface area contributed by atoms with E-state index in [0.29, 0.717) is 0 Å². The number of hydrogen-bond donors (Lipinski definition) is 0. The van der Waals surface area contributed by atoms with Crippen LogP contribution in [0.15, 0.2) is 30.3 Å². The van der Waals surface area contributed by atoms with E-state index >= 15 is 0 Å². The monoisotopic (exact) mass is 350 g/mol. The predicted molar refractivity (Wildman–Crippen MR) is 113 cm³/mol. The van der Waals surface area contributed by atoms with Crippen LogP contribution in [0, 0.1) is 0 Å². The zero-order chi connectivity index (χ0) is 18.2. The Morgan fingerprint density at radius 1 is 0.840 bits per heavy atom. The topological polar surface area (TPSA) is 0 Å². The van der Waals surface area contributed by atoms with Gasteiger partial charge in [0, 0.05) is 20.2 Å². The third-order valence-electron chi connectivity index (χ3n) is 6.28. The third kappa shape index (κ3) is 2.54. The largest absolute Gasteiger partial charge is 0.135 e. The molecule has 0 radical (unpaired) electrons. The maximum absolute atomic E-state index is 2.54. The van der Waals surface area contributed by atoms with Gasteiger partial charge in [0.05, 0.1) is 0 Å². The maximum atomic E-state index is 2.54. The van der Waals surface area contributed by atoms with Crippen molar-refractivity contribution in [2.45, 2.75) is 77.6 Å². The molecular formula is C24H30S. The molecule has 0 aliphatic heterocycles. The fourth-order valence-corrected chi connectivity index (χ4v) is 5.66. The van der Waals surface area contributed by atoms with Crippen LogP contribution in [0.5, 0.6) is 0 Å². The van der Waals surface area contributed by atoms with Gasteiger partial charge in [-0.05, 0) is 64.0 Å². The molecule has 0 bridgehead atoms. The van der Waals surface area contributed by atoms with Crippen molar-refractivity contribution in [1.82, 2.24) is 0 Å². The van der Waals surface area contributed by atoms with Crippen LogP contribution in [0.4, 0.5) is 0 Å². The van der Waals surface area contributed by atoms with Crippen LogP contribution in [0.1, 0.15) is 78.0 Å². The first kappa shape index (κ1) is 17.1. The van der Waals surface area contributed by atoms with Crippen molar-refractivity contribution in [2.75, 3.05) is 0 Å². The molecule has 1 aliphatic carbocycles. The Bertz CT molecular complexity index is 977. The second-order valence-electron chi connectivity index (χ2n) is 10.2. The quantitative estimate of drug-likeness (QED) is 0.389. The second kappa shape index (κ2) is 5.10. The van der Waals surface area contributed by atoms with Gasteiger partial charge in [0.2, 0.25) is 0 Å². The summed E-state index contributed by atoms with van der Waals surface area (Å²) >= 11 is 1.97. The number of hydrogen-bond acceptors (Lipinski definition) is 1. The van der Waals surface area contributed by atoms with Crippen LogP contribution in [-0.4, -0.2) is 0 Å². The van der Waals surface area contributed by atoms with Gasteiger partial charge >= 0.3 is 0 Å². The fraction of sp³-hybridized carbons (Fsp3) is 0.500. The molecule has 4 rings (SSSR count). The zero-order valence-corrected chi connectivity index (χ0v) is 17.5. The number of rotatable bonds is 0. The van der Waals surface area contributed by atoms with Crippen LogP contribution in [0.3, 0.4) is 0 Å². The minimum Gasteiger partial charge on any atom is -0.135 e. The SMILES string of the molecule is CC(C)(C)c1cccc2sc3cc4c(cc3c12)C(C)(C)CCC4(C)C. The van der Waals surface area contributed by atoms with Gasteiger partial charge in [-0.25, -0.2) is 0 Å². The normalized spacial score (nSPS) is 19.3. The van der Waals surface area contributed by atoms with E-state index in [0.717, 1.165) is 0 Å². The zero-order valence-electron chi connectivity index (χ0n) is 16.7. The van der Waals surface area contributed by atoms with Crippen molar-refractivity contribution in [2.24, 2.45) is 0 Å². The minimum absolute atomic E-state index is 0.165. The van der Waals surface area contributed by atoms with Crippen molar-refractivity contribution in [3.63, 3.8) is 0 Å². The highest BCUT2D eigenvalue weighted by Crippen LogP contribution is 2.49. The predicted octanol–water partition coefficient (Wildman–Crippen LogP) is 7.70. The Kier molecular flexibility index (Phi) is 3.49. The van der Waals surface area contributed by atoms with E-state index in [4.69, 9.17) is 0 Å². The van der Waals surface area contributed by atoms with Crippen LogP contribution in [-0.2, 0) is 16.2 Å². The molecule has 0 saturated heterocycles. The van der Waals surface area contributed by atoms with E-state index in [2.05, 4.69) is 78.8 Å². The average molecular weight is 351 g/mol. The summed E-state index contributed by atoms with van der Waals surface area (Å²) in [5.74, 6) is 0. The van der Waals surface area contributed by atoms with Gasteiger partial charge in [-0.2, -0.15) is 0 Å². The molecule has 0 unspecified atom stereocenters. The molecule has 0 fully saturated rings. The van der Waals surface area contributed by atoms with Gasteiger partial charge in [0.1, 0.15) is 0 Å². The van der Waals surface area contributed by atoms with Gasteiger partial charge in [-0.15, -0.1) is 11.3 Å². The highest BCUT2D eigenvalue weighted by molar-refractivity contribution is 7.25. The molecule has 25 heavy (non-hydrogen) atoms. The fourth-order valence-electron chi connectivity index (χ4n) is 4.51. The minimum atomic E-state index is 0.165. The summed E-state index contributed by atoms with van der Waals surface area (Å²) in [5, 5.41) is 2.95. The lowest BCUT2D eigenvalue weighted by Crippen LogP contribution is -2.33.